The summed E-state index contributed by atoms with van der Waals surface area (Å²) in [5, 5.41) is 0. The van der Waals surface area contributed by atoms with Crippen molar-refractivity contribution in [3.63, 3.8) is 0 Å². The number of nitrogens with zero attached hydrogens (tertiary/aromatic N) is 2. The molecule has 3 nitrogen and oxygen atoms in total. The van der Waals surface area contributed by atoms with Gasteiger partial charge in [0.05, 0.1) is 12.0 Å². The zero-order valence-corrected chi connectivity index (χ0v) is 11.2. The Bertz CT molecular complexity index is 462. The van der Waals surface area contributed by atoms with E-state index < -0.39 is 0 Å². The molecular formula is C15H21N3. The number of hydrogen-bond acceptors (Lipinski definition) is 2. The van der Waals surface area contributed by atoms with Crippen LogP contribution < -0.4 is 4.90 Å². The molecule has 1 aromatic carbocycles. The third kappa shape index (κ3) is 2.92. The Morgan fingerprint density at radius 3 is 2.78 bits per heavy atom. The number of anilines is 1. The molecule has 1 aromatic heterocycles. The minimum atomic E-state index is 1.01. The molecular weight excluding hydrogens is 222 g/mol. The van der Waals surface area contributed by atoms with Gasteiger partial charge in [0.15, 0.2) is 0 Å². The molecule has 96 valence electrons. The maximum Gasteiger partial charge on any atom is 0.0927 e. The topological polar surface area (TPSA) is 31.9 Å². The third-order valence-corrected chi connectivity index (χ3v) is 3.19. The number of imidazole rings is 1. The van der Waals surface area contributed by atoms with E-state index in [1.54, 1.807) is 6.33 Å². The highest BCUT2D eigenvalue weighted by atomic mass is 15.1. The minimum absolute atomic E-state index is 1.01. The average Bonchev–Trinajstić information content (AvgIpc) is 2.93. The molecule has 0 atom stereocenters. The zero-order valence-electron chi connectivity index (χ0n) is 11.2. The number of nitrogens with one attached hydrogen (secondary N) is 1. The lowest BCUT2D eigenvalue weighted by Gasteiger charge is -2.21. The van der Waals surface area contributed by atoms with E-state index in [1.165, 1.54) is 30.5 Å². The van der Waals surface area contributed by atoms with Crippen molar-refractivity contribution in [1.82, 2.24) is 9.97 Å². The zero-order chi connectivity index (χ0) is 12.8. The first-order valence-corrected chi connectivity index (χ1v) is 6.62. The second-order valence-electron chi connectivity index (χ2n) is 4.60. The van der Waals surface area contributed by atoms with Crippen molar-refractivity contribution < 1.29 is 0 Å². The fraction of sp³-hybridized carbons (Fsp3) is 0.400. The maximum atomic E-state index is 4.34. The molecule has 2 aromatic rings. The molecule has 0 unspecified atom stereocenters. The first-order chi connectivity index (χ1) is 8.83. The summed E-state index contributed by atoms with van der Waals surface area (Å²) < 4.78 is 0. The summed E-state index contributed by atoms with van der Waals surface area (Å²) in [6.07, 6.45) is 7.45. The number of unbranched alkanes of at least 4 members (excludes halogenated alkanes) is 2. The Morgan fingerprint density at radius 2 is 2.06 bits per heavy atom. The highest BCUT2D eigenvalue weighted by molar-refractivity contribution is 5.75. The number of benzene rings is 1. The van der Waals surface area contributed by atoms with Gasteiger partial charge >= 0.3 is 0 Å². The van der Waals surface area contributed by atoms with Crippen molar-refractivity contribution in [1.29, 1.82) is 0 Å². The first-order valence-electron chi connectivity index (χ1n) is 6.62. The van der Waals surface area contributed by atoms with Crippen LogP contribution >= 0.6 is 0 Å². The predicted molar refractivity (Wildman–Crippen MR) is 76.8 cm³/mol. The lowest BCUT2D eigenvalue weighted by Crippen LogP contribution is -2.19. The highest BCUT2D eigenvalue weighted by Crippen LogP contribution is 2.28. The van der Waals surface area contributed by atoms with E-state index in [1.807, 2.05) is 6.20 Å². The molecule has 1 heterocycles. The number of aromatic amines is 1. The van der Waals surface area contributed by atoms with Crippen LogP contribution in [-0.4, -0.2) is 23.6 Å². The van der Waals surface area contributed by atoms with Gasteiger partial charge in [-0.05, 0) is 12.5 Å². The summed E-state index contributed by atoms with van der Waals surface area (Å²) >= 11 is 0. The maximum absolute atomic E-state index is 4.34. The summed E-state index contributed by atoms with van der Waals surface area (Å²) in [6, 6.07) is 8.44. The molecule has 0 bridgehead atoms. The molecule has 0 amide bonds. The van der Waals surface area contributed by atoms with E-state index in [0.29, 0.717) is 0 Å². The summed E-state index contributed by atoms with van der Waals surface area (Å²) in [5.74, 6) is 0. The van der Waals surface area contributed by atoms with Crippen molar-refractivity contribution in [2.75, 3.05) is 18.5 Å². The van der Waals surface area contributed by atoms with Gasteiger partial charge in [-0.3, -0.25) is 0 Å². The quantitative estimate of drug-likeness (QED) is 0.784. The van der Waals surface area contributed by atoms with Crippen molar-refractivity contribution in [2.24, 2.45) is 0 Å². The number of H-pyrrole nitrogens is 1. The van der Waals surface area contributed by atoms with E-state index in [0.717, 1.165) is 12.2 Å². The van der Waals surface area contributed by atoms with Gasteiger partial charge in [-0.15, -0.1) is 0 Å². The van der Waals surface area contributed by atoms with Crippen molar-refractivity contribution in [3.05, 3.63) is 36.8 Å². The highest BCUT2D eigenvalue weighted by Gasteiger charge is 2.09. The molecule has 1 N–H and O–H groups in total. The fourth-order valence-electron chi connectivity index (χ4n) is 2.15. The van der Waals surface area contributed by atoms with Crippen LogP contribution in [0.3, 0.4) is 0 Å². The molecule has 0 fully saturated rings. The van der Waals surface area contributed by atoms with Gasteiger partial charge in [-0.2, -0.15) is 0 Å². The first kappa shape index (κ1) is 12.7. The molecule has 3 heteroatoms. The summed E-state index contributed by atoms with van der Waals surface area (Å²) in [4.78, 5) is 9.68. The fourth-order valence-corrected chi connectivity index (χ4v) is 2.15. The van der Waals surface area contributed by atoms with Crippen LogP contribution in [0.4, 0.5) is 5.69 Å². The predicted octanol–water partition coefficient (Wildman–Crippen LogP) is 3.70. The van der Waals surface area contributed by atoms with Gasteiger partial charge in [-0.25, -0.2) is 4.98 Å². The molecule has 0 aliphatic carbocycles. The molecule has 2 rings (SSSR count). The molecule has 18 heavy (non-hydrogen) atoms. The summed E-state index contributed by atoms with van der Waals surface area (Å²) in [6.45, 7) is 3.33. The number of para-hydroxylation sites is 1. The lowest BCUT2D eigenvalue weighted by molar-refractivity contribution is 0.705. The van der Waals surface area contributed by atoms with Gasteiger partial charge < -0.3 is 9.88 Å². The van der Waals surface area contributed by atoms with Crippen LogP contribution in [0, 0.1) is 0 Å². The van der Waals surface area contributed by atoms with Gasteiger partial charge in [0, 0.05) is 31.0 Å². The Labute approximate surface area is 109 Å². The normalized spacial score (nSPS) is 10.6. The van der Waals surface area contributed by atoms with Gasteiger partial charge in [0.2, 0.25) is 0 Å². The van der Waals surface area contributed by atoms with Crippen molar-refractivity contribution in [2.45, 2.75) is 26.2 Å². The van der Waals surface area contributed by atoms with Crippen LogP contribution in [-0.2, 0) is 0 Å². The molecule has 0 saturated carbocycles. The van der Waals surface area contributed by atoms with Gasteiger partial charge in [-0.1, -0.05) is 38.0 Å². The van der Waals surface area contributed by atoms with Crippen LogP contribution in [0.5, 0.6) is 0 Å². The van der Waals surface area contributed by atoms with E-state index in [4.69, 9.17) is 0 Å². The van der Waals surface area contributed by atoms with Gasteiger partial charge in [0.25, 0.3) is 0 Å². The number of aromatic nitrogens is 2. The van der Waals surface area contributed by atoms with Gasteiger partial charge in [0.1, 0.15) is 0 Å². The molecule has 0 saturated heterocycles. The third-order valence-electron chi connectivity index (χ3n) is 3.19. The Morgan fingerprint density at radius 1 is 1.22 bits per heavy atom. The minimum Gasteiger partial charge on any atom is -0.374 e. The second kappa shape index (κ2) is 6.24. The van der Waals surface area contributed by atoms with E-state index in [-0.39, 0.29) is 0 Å². The number of rotatable bonds is 6. The summed E-state index contributed by atoms with van der Waals surface area (Å²) in [7, 11) is 2.15. The SMILES string of the molecule is CCCCCN(C)c1ccccc1-c1c[nH]cn1. The second-order valence-corrected chi connectivity index (χ2v) is 4.60. The van der Waals surface area contributed by atoms with Crippen LogP contribution in [0.15, 0.2) is 36.8 Å². The van der Waals surface area contributed by atoms with Crippen molar-refractivity contribution in [3.8, 4) is 11.3 Å². The Balaban J connectivity index is 2.17. The summed E-state index contributed by atoms with van der Waals surface area (Å²) in [5.41, 5.74) is 3.45. The van der Waals surface area contributed by atoms with E-state index >= 15 is 0 Å². The van der Waals surface area contributed by atoms with E-state index in [9.17, 15) is 0 Å². The Kier molecular flexibility index (Phi) is 4.40. The standard InChI is InChI=1S/C15H21N3/c1-3-4-7-10-18(2)15-9-6-5-8-13(15)14-11-16-12-17-14/h5-6,8-9,11-12H,3-4,7,10H2,1-2H3,(H,16,17). The van der Waals surface area contributed by atoms with Crippen LogP contribution in [0.2, 0.25) is 0 Å². The monoisotopic (exact) mass is 243 g/mol. The number of hydrogen-bond donors (Lipinski definition) is 1. The van der Waals surface area contributed by atoms with Crippen LogP contribution in [0.1, 0.15) is 26.2 Å². The van der Waals surface area contributed by atoms with Crippen molar-refractivity contribution >= 4 is 5.69 Å². The lowest BCUT2D eigenvalue weighted by atomic mass is 10.1. The molecule has 0 aliphatic heterocycles. The Hall–Kier alpha value is -1.77. The molecule has 0 spiro atoms. The largest absolute Gasteiger partial charge is 0.374 e. The van der Waals surface area contributed by atoms with E-state index in [2.05, 4.69) is 53.1 Å². The molecule has 0 aliphatic rings. The molecule has 0 radical (unpaired) electrons. The van der Waals surface area contributed by atoms with Crippen LogP contribution in [0.25, 0.3) is 11.3 Å². The average molecular weight is 243 g/mol. The smallest absolute Gasteiger partial charge is 0.0927 e.